The van der Waals surface area contributed by atoms with Crippen LogP contribution in [0.3, 0.4) is 0 Å². The summed E-state index contributed by atoms with van der Waals surface area (Å²) in [6.07, 6.45) is 1.54. The molecule has 0 aliphatic carbocycles. The maximum Gasteiger partial charge on any atom is 0.257 e. The van der Waals surface area contributed by atoms with Gasteiger partial charge in [-0.25, -0.2) is 0 Å². The largest absolute Gasteiger partial charge is 0.469 e. The minimum Gasteiger partial charge on any atom is -0.469 e. The fraction of sp³-hybridized carbons (Fsp3) is 0.400. The van der Waals surface area contributed by atoms with Crippen LogP contribution in [0.15, 0.2) is 34.9 Å². The van der Waals surface area contributed by atoms with Crippen molar-refractivity contribution in [3.8, 4) is 0 Å². The normalized spacial score (nSPS) is 15.1. The highest BCUT2D eigenvalue weighted by Crippen LogP contribution is 2.19. The van der Waals surface area contributed by atoms with Gasteiger partial charge in [0.1, 0.15) is 5.76 Å². The molecule has 2 aromatic rings. The van der Waals surface area contributed by atoms with E-state index in [0.717, 1.165) is 16.8 Å². The minimum atomic E-state index is -0.0205. The van der Waals surface area contributed by atoms with E-state index in [9.17, 15) is 9.59 Å². The second kappa shape index (κ2) is 7.74. The van der Waals surface area contributed by atoms with Crippen LogP contribution < -0.4 is 5.32 Å². The van der Waals surface area contributed by atoms with Crippen LogP contribution in [-0.2, 0) is 4.79 Å². The van der Waals surface area contributed by atoms with Crippen LogP contribution in [0.25, 0.3) is 0 Å². The first-order chi connectivity index (χ1) is 12.5. The predicted molar refractivity (Wildman–Crippen MR) is 100 cm³/mol. The molecular weight excluding hydrogens is 330 g/mol. The zero-order valence-electron chi connectivity index (χ0n) is 15.5. The van der Waals surface area contributed by atoms with Gasteiger partial charge in [-0.15, -0.1) is 0 Å². The van der Waals surface area contributed by atoms with E-state index in [0.29, 0.717) is 44.0 Å². The summed E-state index contributed by atoms with van der Waals surface area (Å²) in [4.78, 5) is 28.8. The minimum absolute atomic E-state index is 0.00381. The van der Waals surface area contributed by atoms with Crippen molar-refractivity contribution in [1.29, 1.82) is 0 Å². The predicted octanol–water partition coefficient (Wildman–Crippen LogP) is 2.60. The average molecular weight is 355 g/mol. The lowest BCUT2D eigenvalue weighted by Gasteiger charge is -2.34. The molecule has 6 nitrogen and oxygen atoms in total. The first-order valence-corrected chi connectivity index (χ1v) is 8.87. The molecule has 2 heterocycles. The van der Waals surface area contributed by atoms with Crippen molar-refractivity contribution in [1.82, 2.24) is 9.80 Å². The molecular formula is C20H25N3O3. The number of rotatable bonds is 4. The third kappa shape index (κ3) is 3.96. The van der Waals surface area contributed by atoms with Gasteiger partial charge in [0.25, 0.3) is 5.91 Å². The number of amides is 2. The molecule has 26 heavy (non-hydrogen) atoms. The third-order valence-corrected chi connectivity index (χ3v) is 4.86. The number of para-hydroxylation sites is 1. The molecule has 0 atom stereocenters. The Balaban J connectivity index is 1.52. The Labute approximate surface area is 153 Å². The van der Waals surface area contributed by atoms with Gasteiger partial charge in [0.15, 0.2) is 0 Å². The summed E-state index contributed by atoms with van der Waals surface area (Å²) < 4.78 is 5.22. The van der Waals surface area contributed by atoms with E-state index in [4.69, 9.17) is 4.42 Å². The molecule has 1 aliphatic heterocycles. The van der Waals surface area contributed by atoms with Crippen molar-refractivity contribution >= 4 is 17.5 Å². The Bertz CT molecular complexity index is 784. The molecule has 0 saturated carbocycles. The van der Waals surface area contributed by atoms with Crippen LogP contribution in [0.1, 0.15) is 27.2 Å². The Morgan fingerprint density at radius 1 is 1.04 bits per heavy atom. The number of nitrogens with one attached hydrogen (secondary N) is 1. The SMILES string of the molecule is Cc1cccc(C)c1NC(=O)CN1CCN(C(=O)c2ccoc2C)CC1. The number of anilines is 1. The molecule has 0 unspecified atom stereocenters. The van der Waals surface area contributed by atoms with Crippen LogP contribution >= 0.6 is 0 Å². The second-order valence-corrected chi connectivity index (χ2v) is 6.77. The lowest BCUT2D eigenvalue weighted by atomic mass is 10.1. The van der Waals surface area contributed by atoms with E-state index in [-0.39, 0.29) is 11.8 Å². The summed E-state index contributed by atoms with van der Waals surface area (Å²) in [6, 6.07) is 7.68. The van der Waals surface area contributed by atoms with Crippen LogP contribution in [0.2, 0.25) is 0 Å². The summed E-state index contributed by atoms with van der Waals surface area (Å²) in [5.74, 6) is 0.620. The van der Waals surface area contributed by atoms with Gasteiger partial charge in [0.05, 0.1) is 18.4 Å². The number of hydrogen-bond donors (Lipinski definition) is 1. The molecule has 0 spiro atoms. The van der Waals surface area contributed by atoms with Gasteiger partial charge in [-0.05, 0) is 38.0 Å². The molecule has 1 fully saturated rings. The van der Waals surface area contributed by atoms with E-state index in [1.165, 1.54) is 6.26 Å². The molecule has 1 aromatic heterocycles. The lowest BCUT2D eigenvalue weighted by Crippen LogP contribution is -2.50. The standard InChI is InChI=1S/C20H25N3O3/c1-14-5-4-6-15(2)19(14)21-18(24)13-22-8-10-23(11-9-22)20(25)17-7-12-26-16(17)3/h4-7,12H,8-11,13H2,1-3H3,(H,21,24). The average Bonchev–Trinajstić information content (AvgIpc) is 3.04. The smallest absolute Gasteiger partial charge is 0.257 e. The Morgan fingerprint density at radius 3 is 2.27 bits per heavy atom. The highest BCUT2D eigenvalue weighted by Gasteiger charge is 2.25. The van der Waals surface area contributed by atoms with E-state index in [2.05, 4.69) is 10.2 Å². The number of furan rings is 1. The van der Waals surface area contributed by atoms with Gasteiger partial charge in [-0.3, -0.25) is 14.5 Å². The first kappa shape index (κ1) is 18.2. The maximum atomic E-state index is 12.5. The van der Waals surface area contributed by atoms with E-state index in [1.807, 2.05) is 36.9 Å². The number of carbonyl (C=O) groups excluding carboxylic acids is 2. The quantitative estimate of drug-likeness (QED) is 0.916. The van der Waals surface area contributed by atoms with Gasteiger partial charge < -0.3 is 14.6 Å². The Morgan fingerprint density at radius 2 is 1.69 bits per heavy atom. The molecule has 1 aromatic carbocycles. The van der Waals surface area contributed by atoms with Crippen LogP contribution in [0.5, 0.6) is 0 Å². The monoisotopic (exact) mass is 355 g/mol. The van der Waals surface area contributed by atoms with Crippen LogP contribution in [0, 0.1) is 20.8 Å². The Kier molecular flexibility index (Phi) is 5.42. The topological polar surface area (TPSA) is 65.8 Å². The van der Waals surface area contributed by atoms with Crippen molar-refractivity contribution in [3.05, 3.63) is 53.0 Å². The number of hydrogen-bond acceptors (Lipinski definition) is 4. The number of nitrogens with zero attached hydrogens (tertiary/aromatic N) is 2. The fourth-order valence-corrected chi connectivity index (χ4v) is 3.28. The van der Waals surface area contributed by atoms with Crippen molar-refractivity contribution in [2.24, 2.45) is 0 Å². The first-order valence-electron chi connectivity index (χ1n) is 8.87. The van der Waals surface area contributed by atoms with Crippen molar-refractivity contribution in [2.45, 2.75) is 20.8 Å². The van der Waals surface area contributed by atoms with E-state index in [1.54, 1.807) is 13.0 Å². The van der Waals surface area contributed by atoms with E-state index < -0.39 is 0 Å². The van der Waals surface area contributed by atoms with Gasteiger partial charge in [-0.1, -0.05) is 18.2 Å². The van der Waals surface area contributed by atoms with Gasteiger partial charge in [0, 0.05) is 31.9 Å². The molecule has 138 valence electrons. The van der Waals surface area contributed by atoms with E-state index >= 15 is 0 Å². The molecule has 3 rings (SSSR count). The Hall–Kier alpha value is -2.60. The van der Waals surface area contributed by atoms with Crippen LogP contribution in [0.4, 0.5) is 5.69 Å². The molecule has 0 radical (unpaired) electrons. The highest BCUT2D eigenvalue weighted by atomic mass is 16.3. The zero-order chi connectivity index (χ0) is 18.7. The lowest BCUT2D eigenvalue weighted by molar-refractivity contribution is -0.117. The maximum absolute atomic E-state index is 12.5. The van der Waals surface area contributed by atoms with Crippen molar-refractivity contribution < 1.29 is 14.0 Å². The summed E-state index contributed by atoms with van der Waals surface area (Å²) >= 11 is 0. The zero-order valence-corrected chi connectivity index (χ0v) is 15.5. The highest BCUT2D eigenvalue weighted by molar-refractivity contribution is 5.95. The van der Waals surface area contributed by atoms with Gasteiger partial charge in [-0.2, -0.15) is 0 Å². The molecule has 1 aliphatic rings. The molecule has 1 N–H and O–H groups in total. The third-order valence-electron chi connectivity index (χ3n) is 4.86. The second-order valence-electron chi connectivity index (χ2n) is 6.77. The number of aryl methyl sites for hydroxylation is 3. The van der Waals surface area contributed by atoms with Crippen molar-refractivity contribution in [2.75, 3.05) is 38.0 Å². The number of benzene rings is 1. The van der Waals surface area contributed by atoms with Gasteiger partial charge in [0.2, 0.25) is 5.91 Å². The number of carbonyl (C=O) groups is 2. The molecule has 0 bridgehead atoms. The summed E-state index contributed by atoms with van der Waals surface area (Å²) in [5, 5.41) is 3.02. The molecule has 1 saturated heterocycles. The molecule has 2 amide bonds. The fourth-order valence-electron chi connectivity index (χ4n) is 3.28. The summed E-state index contributed by atoms with van der Waals surface area (Å²) in [6.45, 7) is 8.70. The number of piperazine rings is 1. The van der Waals surface area contributed by atoms with Gasteiger partial charge >= 0.3 is 0 Å². The molecule has 6 heteroatoms. The summed E-state index contributed by atoms with van der Waals surface area (Å²) in [5.41, 5.74) is 3.63. The summed E-state index contributed by atoms with van der Waals surface area (Å²) in [7, 11) is 0. The van der Waals surface area contributed by atoms with Crippen LogP contribution in [-0.4, -0.2) is 54.3 Å². The van der Waals surface area contributed by atoms with Crippen molar-refractivity contribution in [3.63, 3.8) is 0 Å².